The Bertz CT molecular complexity index is 565. The average Bonchev–Trinajstić information content (AvgIpc) is 2.86. The second kappa shape index (κ2) is 5.92. The quantitative estimate of drug-likeness (QED) is 0.481. The van der Waals surface area contributed by atoms with E-state index in [0.717, 1.165) is 17.7 Å². The largest absolute Gasteiger partial charge is 0.269 e. The van der Waals surface area contributed by atoms with Crippen LogP contribution in [0.25, 0.3) is 0 Å². The molecule has 1 aromatic heterocycles. The molecule has 1 atom stereocenters. The fourth-order valence-corrected chi connectivity index (χ4v) is 1.84. The minimum atomic E-state index is -0.398. The van der Waals surface area contributed by atoms with Crippen molar-refractivity contribution in [1.29, 1.82) is 0 Å². The molecule has 0 saturated heterocycles. The molecule has 6 nitrogen and oxygen atoms in total. The maximum absolute atomic E-state index is 10.5. The van der Waals surface area contributed by atoms with E-state index in [0.29, 0.717) is 6.54 Å². The van der Waals surface area contributed by atoms with Gasteiger partial charge in [-0.15, -0.1) is 5.10 Å². The smallest absolute Gasteiger partial charge is 0.258 e. The fraction of sp³-hybridized carbons (Fsp3) is 0.333. The maximum atomic E-state index is 10.5. The first-order valence-electron chi connectivity index (χ1n) is 5.83. The van der Waals surface area contributed by atoms with E-state index < -0.39 is 4.92 Å². The minimum absolute atomic E-state index is 0.111. The second-order valence-corrected chi connectivity index (χ2v) is 5.57. The summed E-state index contributed by atoms with van der Waals surface area (Å²) in [5.74, 6) is 0. The Kier molecular flexibility index (Phi) is 4.26. The molecule has 1 aromatic carbocycles. The Morgan fingerprint density at radius 2 is 2.11 bits per heavy atom. The van der Waals surface area contributed by atoms with Crippen LogP contribution < -0.4 is 0 Å². The van der Waals surface area contributed by atoms with Crippen molar-refractivity contribution in [3.05, 3.63) is 51.8 Å². The molecule has 100 valence electrons. The molecule has 0 amide bonds. The molecule has 0 saturated carbocycles. The lowest BCUT2D eigenvalue weighted by Gasteiger charge is -2.01. The molecule has 0 bridgehead atoms. The van der Waals surface area contributed by atoms with Gasteiger partial charge in [0, 0.05) is 24.9 Å². The SMILES string of the molecule is CC(Br)c1cn(CCc2ccc([N+](=O)[O-])cc2)nn1. The second-order valence-electron chi connectivity index (χ2n) is 4.20. The van der Waals surface area contributed by atoms with E-state index in [2.05, 4.69) is 26.2 Å². The van der Waals surface area contributed by atoms with Crippen molar-refractivity contribution in [3.63, 3.8) is 0 Å². The molecule has 0 N–H and O–H groups in total. The zero-order valence-electron chi connectivity index (χ0n) is 10.4. The molecule has 0 radical (unpaired) electrons. The van der Waals surface area contributed by atoms with Gasteiger partial charge < -0.3 is 0 Å². The molecular formula is C12H13BrN4O2. The lowest BCUT2D eigenvalue weighted by Crippen LogP contribution is -2.02. The van der Waals surface area contributed by atoms with Crippen molar-refractivity contribution in [2.75, 3.05) is 0 Å². The number of hydrogen-bond acceptors (Lipinski definition) is 4. The van der Waals surface area contributed by atoms with Gasteiger partial charge in [-0.2, -0.15) is 0 Å². The summed E-state index contributed by atoms with van der Waals surface area (Å²) in [6.07, 6.45) is 2.66. The molecule has 2 aromatic rings. The molecular weight excluding hydrogens is 312 g/mol. The Balaban J connectivity index is 1.96. The van der Waals surface area contributed by atoms with Crippen molar-refractivity contribution in [1.82, 2.24) is 15.0 Å². The van der Waals surface area contributed by atoms with Crippen LogP contribution in [0.4, 0.5) is 5.69 Å². The van der Waals surface area contributed by atoms with Crippen LogP contribution in [-0.2, 0) is 13.0 Å². The highest BCUT2D eigenvalue weighted by atomic mass is 79.9. The zero-order valence-corrected chi connectivity index (χ0v) is 11.9. The van der Waals surface area contributed by atoms with E-state index in [-0.39, 0.29) is 10.5 Å². The van der Waals surface area contributed by atoms with E-state index in [1.165, 1.54) is 12.1 Å². The van der Waals surface area contributed by atoms with Crippen LogP contribution in [0.1, 0.15) is 23.0 Å². The molecule has 7 heteroatoms. The van der Waals surface area contributed by atoms with Crippen LogP contribution in [0.3, 0.4) is 0 Å². The summed E-state index contributed by atoms with van der Waals surface area (Å²) in [7, 11) is 0. The van der Waals surface area contributed by atoms with Gasteiger partial charge in [0.05, 0.1) is 15.4 Å². The number of aryl methyl sites for hydroxylation is 2. The predicted octanol–water partition coefficient (Wildman–Crippen LogP) is 2.88. The fourth-order valence-electron chi connectivity index (χ4n) is 1.63. The van der Waals surface area contributed by atoms with Crippen LogP contribution >= 0.6 is 15.9 Å². The van der Waals surface area contributed by atoms with E-state index in [1.807, 2.05) is 13.1 Å². The van der Waals surface area contributed by atoms with Crippen LogP contribution in [0, 0.1) is 10.1 Å². The molecule has 0 aliphatic heterocycles. The van der Waals surface area contributed by atoms with Crippen LogP contribution in [0.15, 0.2) is 30.5 Å². The van der Waals surface area contributed by atoms with Gasteiger partial charge in [-0.25, -0.2) is 0 Å². The minimum Gasteiger partial charge on any atom is -0.258 e. The standard InChI is InChI=1S/C12H13BrN4O2/c1-9(13)12-8-16(15-14-12)7-6-10-2-4-11(5-3-10)17(18)19/h2-5,8-9H,6-7H2,1H3. The third-order valence-corrected chi connectivity index (χ3v) is 3.21. The highest BCUT2D eigenvalue weighted by molar-refractivity contribution is 9.09. The lowest BCUT2D eigenvalue weighted by atomic mass is 10.1. The summed E-state index contributed by atoms with van der Waals surface area (Å²) < 4.78 is 1.77. The summed E-state index contributed by atoms with van der Waals surface area (Å²) >= 11 is 3.43. The third-order valence-electron chi connectivity index (χ3n) is 2.74. The number of benzene rings is 1. The van der Waals surface area contributed by atoms with Gasteiger partial charge >= 0.3 is 0 Å². The summed E-state index contributed by atoms with van der Waals surface area (Å²) in [6, 6.07) is 6.57. The highest BCUT2D eigenvalue weighted by Crippen LogP contribution is 2.18. The monoisotopic (exact) mass is 324 g/mol. The van der Waals surface area contributed by atoms with Gasteiger partial charge in [0.15, 0.2) is 0 Å². The number of nitro groups is 1. The van der Waals surface area contributed by atoms with Gasteiger partial charge in [0.25, 0.3) is 5.69 Å². The molecule has 0 fully saturated rings. The topological polar surface area (TPSA) is 73.8 Å². The van der Waals surface area contributed by atoms with Gasteiger partial charge in [-0.3, -0.25) is 14.8 Å². The molecule has 19 heavy (non-hydrogen) atoms. The first kappa shape index (κ1) is 13.7. The number of halogens is 1. The van der Waals surface area contributed by atoms with Crippen molar-refractivity contribution < 1.29 is 4.92 Å². The first-order chi connectivity index (χ1) is 9.06. The van der Waals surface area contributed by atoms with Crippen molar-refractivity contribution in [3.8, 4) is 0 Å². The molecule has 2 rings (SSSR count). The van der Waals surface area contributed by atoms with Crippen molar-refractivity contribution in [2.45, 2.75) is 24.7 Å². The summed E-state index contributed by atoms with van der Waals surface area (Å²) in [4.78, 5) is 10.3. The van der Waals surface area contributed by atoms with Crippen LogP contribution in [0.5, 0.6) is 0 Å². The number of hydrogen-bond donors (Lipinski definition) is 0. The predicted molar refractivity (Wildman–Crippen MR) is 74.2 cm³/mol. The summed E-state index contributed by atoms with van der Waals surface area (Å²) in [6.45, 7) is 2.69. The number of rotatable bonds is 5. The Hall–Kier alpha value is -1.76. The number of alkyl halides is 1. The van der Waals surface area contributed by atoms with E-state index >= 15 is 0 Å². The first-order valence-corrected chi connectivity index (χ1v) is 6.75. The maximum Gasteiger partial charge on any atom is 0.269 e. The normalized spacial score (nSPS) is 12.3. The van der Waals surface area contributed by atoms with Crippen LogP contribution in [0.2, 0.25) is 0 Å². The van der Waals surface area contributed by atoms with Crippen LogP contribution in [-0.4, -0.2) is 19.9 Å². The average molecular weight is 325 g/mol. The molecule has 1 unspecified atom stereocenters. The highest BCUT2D eigenvalue weighted by Gasteiger charge is 2.07. The Labute approximate surface area is 118 Å². The van der Waals surface area contributed by atoms with Crippen molar-refractivity contribution >= 4 is 21.6 Å². The third kappa shape index (κ3) is 3.60. The number of aromatic nitrogens is 3. The van der Waals surface area contributed by atoms with Gasteiger partial charge in [-0.1, -0.05) is 33.3 Å². The van der Waals surface area contributed by atoms with Gasteiger partial charge in [0.1, 0.15) is 0 Å². The van der Waals surface area contributed by atoms with E-state index in [9.17, 15) is 10.1 Å². The molecule has 0 aliphatic carbocycles. The van der Waals surface area contributed by atoms with Crippen molar-refractivity contribution in [2.24, 2.45) is 0 Å². The molecule has 0 aliphatic rings. The number of nitro benzene ring substituents is 1. The van der Waals surface area contributed by atoms with Gasteiger partial charge in [-0.05, 0) is 18.9 Å². The Morgan fingerprint density at radius 3 is 2.63 bits per heavy atom. The van der Waals surface area contributed by atoms with E-state index in [4.69, 9.17) is 0 Å². The molecule has 0 spiro atoms. The van der Waals surface area contributed by atoms with E-state index in [1.54, 1.807) is 16.8 Å². The number of non-ortho nitro benzene ring substituents is 1. The van der Waals surface area contributed by atoms with Gasteiger partial charge in [0.2, 0.25) is 0 Å². The Morgan fingerprint density at radius 1 is 1.42 bits per heavy atom. The number of nitrogens with zero attached hydrogens (tertiary/aromatic N) is 4. The zero-order chi connectivity index (χ0) is 13.8. The summed E-state index contributed by atoms with van der Waals surface area (Å²) in [5.41, 5.74) is 2.04. The lowest BCUT2D eigenvalue weighted by molar-refractivity contribution is -0.384. The summed E-state index contributed by atoms with van der Waals surface area (Å²) in [5, 5.41) is 18.6. The molecule has 1 heterocycles.